The molecule has 0 atom stereocenters. The molecule has 0 fully saturated rings. The molecule has 0 spiro atoms. The zero-order valence-corrected chi connectivity index (χ0v) is 10.3. The number of benzene rings is 1. The first kappa shape index (κ1) is 11.5. The van der Waals surface area contributed by atoms with Crippen molar-refractivity contribution in [1.29, 1.82) is 0 Å². The third-order valence-corrected chi connectivity index (χ3v) is 3.08. The van der Waals surface area contributed by atoms with Gasteiger partial charge in [0.15, 0.2) is 6.29 Å². The molecule has 3 rings (SSSR count). The van der Waals surface area contributed by atoms with Gasteiger partial charge in [0.2, 0.25) is 0 Å². The predicted octanol–water partition coefficient (Wildman–Crippen LogP) is 3.03. The van der Waals surface area contributed by atoms with Crippen LogP contribution in [0.25, 0.3) is 10.9 Å². The van der Waals surface area contributed by atoms with Crippen LogP contribution in [0.2, 0.25) is 0 Å². The maximum absolute atomic E-state index is 11.2. The molecule has 0 N–H and O–H groups in total. The largest absolute Gasteiger partial charge is 0.298 e. The van der Waals surface area contributed by atoms with E-state index < -0.39 is 0 Å². The molecule has 2 aromatic heterocycles. The van der Waals surface area contributed by atoms with Gasteiger partial charge in [-0.25, -0.2) is 0 Å². The van der Waals surface area contributed by atoms with Gasteiger partial charge in [-0.3, -0.25) is 14.8 Å². The number of carbonyl (C=O) groups is 1. The normalized spacial score (nSPS) is 10.5. The number of rotatable bonds is 3. The maximum atomic E-state index is 11.2. The summed E-state index contributed by atoms with van der Waals surface area (Å²) in [6, 6.07) is 11.8. The van der Waals surface area contributed by atoms with E-state index in [1.54, 1.807) is 18.6 Å². The average molecular weight is 248 g/mol. The number of hydrogen-bond acceptors (Lipinski definition) is 3. The van der Waals surface area contributed by atoms with Crippen molar-refractivity contribution >= 4 is 17.2 Å². The van der Waals surface area contributed by atoms with Crippen LogP contribution in [0.5, 0.6) is 0 Å². The molecular weight excluding hydrogens is 236 g/mol. The van der Waals surface area contributed by atoms with Crippen molar-refractivity contribution in [3.05, 3.63) is 71.7 Å². The number of aromatic nitrogens is 2. The number of pyridine rings is 2. The van der Waals surface area contributed by atoms with E-state index in [1.807, 2.05) is 30.3 Å². The summed E-state index contributed by atoms with van der Waals surface area (Å²) in [6.07, 6.45) is 6.91. The second-order valence-electron chi connectivity index (χ2n) is 4.41. The predicted molar refractivity (Wildman–Crippen MR) is 74.2 cm³/mol. The lowest BCUT2D eigenvalue weighted by Crippen LogP contribution is -1.93. The molecule has 0 saturated heterocycles. The van der Waals surface area contributed by atoms with E-state index in [0.29, 0.717) is 5.56 Å². The molecule has 2 heterocycles. The third-order valence-electron chi connectivity index (χ3n) is 3.08. The van der Waals surface area contributed by atoms with Gasteiger partial charge in [-0.05, 0) is 47.9 Å². The molecule has 0 saturated carbocycles. The van der Waals surface area contributed by atoms with Gasteiger partial charge in [-0.15, -0.1) is 0 Å². The van der Waals surface area contributed by atoms with E-state index >= 15 is 0 Å². The van der Waals surface area contributed by atoms with Crippen LogP contribution in [0.3, 0.4) is 0 Å². The Labute approximate surface area is 111 Å². The van der Waals surface area contributed by atoms with Gasteiger partial charge in [0.05, 0.1) is 5.52 Å². The molecule has 3 heteroatoms. The number of nitrogens with zero attached hydrogens (tertiary/aromatic N) is 2. The molecule has 0 bridgehead atoms. The minimum Gasteiger partial charge on any atom is -0.298 e. The van der Waals surface area contributed by atoms with Crippen LogP contribution in [-0.2, 0) is 6.42 Å². The molecule has 3 nitrogen and oxygen atoms in total. The second-order valence-corrected chi connectivity index (χ2v) is 4.41. The minimum atomic E-state index is 0.641. The summed E-state index contributed by atoms with van der Waals surface area (Å²) >= 11 is 0. The number of hydrogen-bond donors (Lipinski definition) is 0. The topological polar surface area (TPSA) is 42.9 Å². The van der Waals surface area contributed by atoms with Crippen LogP contribution in [-0.4, -0.2) is 16.3 Å². The smallest absolute Gasteiger partial charge is 0.152 e. The van der Waals surface area contributed by atoms with E-state index in [1.165, 1.54) is 5.56 Å². The first-order valence-electron chi connectivity index (χ1n) is 6.08. The molecule has 3 aromatic rings. The Morgan fingerprint density at radius 3 is 2.63 bits per heavy atom. The van der Waals surface area contributed by atoms with Gasteiger partial charge in [0.25, 0.3) is 0 Å². The van der Waals surface area contributed by atoms with Crippen molar-refractivity contribution in [3.8, 4) is 0 Å². The van der Waals surface area contributed by atoms with Gasteiger partial charge in [-0.1, -0.05) is 6.07 Å². The summed E-state index contributed by atoms with van der Waals surface area (Å²) in [7, 11) is 0. The van der Waals surface area contributed by atoms with Crippen LogP contribution in [0, 0.1) is 0 Å². The van der Waals surface area contributed by atoms with Crippen molar-refractivity contribution in [2.24, 2.45) is 0 Å². The highest BCUT2D eigenvalue weighted by molar-refractivity contribution is 5.96. The number of aldehydes is 1. The fourth-order valence-electron chi connectivity index (χ4n) is 2.21. The van der Waals surface area contributed by atoms with Crippen molar-refractivity contribution in [3.63, 3.8) is 0 Å². The molecule has 0 amide bonds. The van der Waals surface area contributed by atoms with Gasteiger partial charge in [0, 0.05) is 29.5 Å². The van der Waals surface area contributed by atoms with E-state index in [9.17, 15) is 4.79 Å². The standard InChI is InChI=1S/C16H12N2O/c19-11-15-10-13(8-12-3-6-17-7-4-12)9-14-2-1-5-18-16(14)15/h1-7,9-11H,8H2. The first-order valence-corrected chi connectivity index (χ1v) is 6.08. The molecule has 0 unspecified atom stereocenters. The Kier molecular flexibility index (Phi) is 3.02. The molecule has 19 heavy (non-hydrogen) atoms. The molecular formula is C16H12N2O. The SMILES string of the molecule is O=Cc1cc(Cc2ccncc2)cc2cccnc12. The van der Waals surface area contributed by atoms with Gasteiger partial charge in [-0.2, -0.15) is 0 Å². The van der Waals surface area contributed by atoms with Crippen LogP contribution in [0.15, 0.2) is 55.0 Å². The Bertz CT molecular complexity index is 723. The molecule has 1 aromatic carbocycles. The summed E-state index contributed by atoms with van der Waals surface area (Å²) in [5.74, 6) is 0. The van der Waals surface area contributed by atoms with Gasteiger partial charge >= 0.3 is 0 Å². The third kappa shape index (κ3) is 2.36. The van der Waals surface area contributed by atoms with Gasteiger partial charge < -0.3 is 0 Å². The lowest BCUT2D eigenvalue weighted by Gasteiger charge is -2.06. The van der Waals surface area contributed by atoms with E-state index in [4.69, 9.17) is 0 Å². The lowest BCUT2D eigenvalue weighted by molar-refractivity contribution is 0.112. The average Bonchev–Trinajstić information content (AvgIpc) is 2.47. The highest BCUT2D eigenvalue weighted by atomic mass is 16.1. The van der Waals surface area contributed by atoms with Crippen LogP contribution in [0.1, 0.15) is 21.5 Å². The molecule has 0 aliphatic rings. The van der Waals surface area contributed by atoms with Crippen molar-refractivity contribution in [1.82, 2.24) is 9.97 Å². The zero-order valence-electron chi connectivity index (χ0n) is 10.3. The van der Waals surface area contributed by atoms with Crippen LogP contribution >= 0.6 is 0 Å². The number of fused-ring (bicyclic) bond motifs is 1. The summed E-state index contributed by atoms with van der Waals surface area (Å²) in [5.41, 5.74) is 3.68. The number of carbonyl (C=O) groups excluding carboxylic acids is 1. The van der Waals surface area contributed by atoms with Crippen molar-refractivity contribution in [2.45, 2.75) is 6.42 Å². The fourth-order valence-corrected chi connectivity index (χ4v) is 2.21. The van der Waals surface area contributed by atoms with Crippen LogP contribution < -0.4 is 0 Å². The monoisotopic (exact) mass is 248 g/mol. The van der Waals surface area contributed by atoms with Crippen LogP contribution in [0.4, 0.5) is 0 Å². The quantitative estimate of drug-likeness (QED) is 0.669. The van der Waals surface area contributed by atoms with E-state index in [2.05, 4.69) is 16.0 Å². The van der Waals surface area contributed by atoms with Crippen molar-refractivity contribution in [2.75, 3.05) is 0 Å². The summed E-state index contributed by atoms with van der Waals surface area (Å²) in [4.78, 5) is 19.4. The van der Waals surface area contributed by atoms with E-state index in [-0.39, 0.29) is 0 Å². The van der Waals surface area contributed by atoms with Crippen molar-refractivity contribution < 1.29 is 4.79 Å². The Morgan fingerprint density at radius 1 is 1.00 bits per heavy atom. The lowest BCUT2D eigenvalue weighted by atomic mass is 10.0. The zero-order chi connectivity index (χ0) is 13.1. The molecule has 0 aliphatic carbocycles. The summed E-state index contributed by atoms with van der Waals surface area (Å²) in [5, 5.41) is 0.996. The maximum Gasteiger partial charge on any atom is 0.152 e. The molecule has 0 aliphatic heterocycles. The Hall–Kier alpha value is -2.55. The second kappa shape index (κ2) is 4.98. The van der Waals surface area contributed by atoms with E-state index in [0.717, 1.165) is 29.2 Å². The highest BCUT2D eigenvalue weighted by Crippen LogP contribution is 2.19. The Balaban J connectivity index is 2.07. The molecule has 92 valence electrons. The molecule has 0 radical (unpaired) electrons. The minimum absolute atomic E-state index is 0.641. The highest BCUT2D eigenvalue weighted by Gasteiger charge is 2.05. The van der Waals surface area contributed by atoms with Gasteiger partial charge in [0.1, 0.15) is 0 Å². The first-order chi connectivity index (χ1) is 9.36. The Morgan fingerprint density at radius 2 is 1.84 bits per heavy atom. The summed E-state index contributed by atoms with van der Waals surface area (Å²) < 4.78 is 0. The summed E-state index contributed by atoms with van der Waals surface area (Å²) in [6.45, 7) is 0. The fraction of sp³-hybridized carbons (Fsp3) is 0.0625.